The van der Waals surface area contributed by atoms with Crippen molar-refractivity contribution in [2.75, 3.05) is 25.0 Å². The molecule has 0 saturated heterocycles. The molecule has 26 heavy (non-hydrogen) atoms. The molecule has 6 nitrogen and oxygen atoms in total. The van der Waals surface area contributed by atoms with Crippen molar-refractivity contribution in [2.45, 2.75) is 51.2 Å². The van der Waals surface area contributed by atoms with Crippen LogP contribution in [0, 0.1) is 0 Å². The molecule has 1 aliphatic rings. The molecule has 1 aliphatic carbocycles. The number of carbonyl (C=O) groups is 1. The Bertz CT molecular complexity index is 554. The second-order valence-corrected chi connectivity index (χ2v) is 6.65. The Morgan fingerprint density at radius 2 is 2.00 bits per heavy atom. The van der Waals surface area contributed by atoms with Gasteiger partial charge < -0.3 is 25.8 Å². The molecule has 1 aromatic carbocycles. The van der Waals surface area contributed by atoms with E-state index >= 15 is 0 Å². The average molecular weight is 361 g/mol. The fourth-order valence-electron chi connectivity index (χ4n) is 2.94. The lowest BCUT2D eigenvalue weighted by Gasteiger charge is -2.22. The molecule has 0 radical (unpaired) electrons. The maximum absolute atomic E-state index is 12.0. The maximum atomic E-state index is 12.0. The molecule has 144 valence electrons. The van der Waals surface area contributed by atoms with Crippen molar-refractivity contribution < 1.29 is 14.6 Å². The van der Waals surface area contributed by atoms with E-state index in [1.807, 2.05) is 19.1 Å². The Kier molecular flexibility index (Phi) is 9.00. The van der Waals surface area contributed by atoms with E-state index in [0.29, 0.717) is 12.3 Å². The molecule has 2 amide bonds. The van der Waals surface area contributed by atoms with Gasteiger partial charge in [0.15, 0.2) is 0 Å². The number of aliphatic hydroxyl groups is 1. The number of hydrogen-bond donors (Lipinski definition) is 4. The summed E-state index contributed by atoms with van der Waals surface area (Å²) < 4.78 is 5.57. The number of carbonyl (C=O) groups excluding carboxylic acids is 1. The van der Waals surface area contributed by atoms with Gasteiger partial charge in [0.2, 0.25) is 0 Å². The van der Waals surface area contributed by atoms with Gasteiger partial charge in [-0.15, -0.1) is 0 Å². The summed E-state index contributed by atoms with van der Waals surface area (Å²) in [5, 5.41) is 18.9. The van der Waals surface area contributed by atoms with E-state index in [1.165, 1.54) is 19.3 Å². The number of amides is 2. The molecule has 2 rings (SSSR count). The first kappa shape index (κ1) is 20.3. The zero-order chi connectivity index (χ0) is 18.6. The largest absolute Gasteiger partial charge is 0.491 e. The summed E-state index contributed by atoms with van der Waals surface area (Å²) in [5.74, 6) is 0.663. The summed E-state index contributed by atoms with van der Waals surface area (Å²) in [4.78, 5) is 12.0. The van der Waals surface area contributed by atoms with E-state index in [2.05, 4.69) is 16.0 Å². The van der Waals surface area contributed by atoms with Crippen molar-refractivity contribution in [2.24, 2.45) is 0 Å². The van der Waals surface area contributed by atoms with Crippen LogP contribution in [0.3, 0.4) is 0 Å². The van der Waals surface area contributed by atoms with Gasteiger partial charge in [0.25, 0.3) is 0 Å². The molecule has 1 atom stereocenters. The Morgan fingerprint density at radius 3 is 2.69 bits per heavy atom. The van der Waals surface area contributed by atoms with Gasteiger partial charge in [-0.3, -0.25) is 0 Å². The third-order valence-electron chi connectivity index (χ3n) is 4.37. The monoisotopic (exact) mass is 361 g/mol. The van der Waals surface area contributed by atoms with Gasteiger partial charge in [-0.1, -0.05) is 31.4 Å². The molecule has 0 aliphatic heterocycles. The maximum Gasteiger partial charge on any atom is 0.319 e. The van der Waals surface area contributed by atoms with Crippen molar-refractivity contribution in [1.82, 2.24) is 10.6 Å². The van der Waals surface area contributed by atoms with Gasteiger partial charge in [-0.25, -0.2) is 4.79 Å². The molecule has 1 unspecified atom stereocenters. The molecule has 1 aromatic rings. The van der Waals surface area contributed by atoms with E-state index < -0.39 is 6.10 Å². The number of aliphatic hydroxyl groups excluding tert-OH is 1. The normalized spacial score (nSPS) is 16.4. The summed E-state index contributed by atoms with van der Waals surface area (Å²) in [5.41, 5.74) is 0.722. The summed E-state index contributed by atoms with van der Waals surface area (Å²) in [6, 6.07) is 7.30. The standard InChI is InChI=1S/C20H31N3O3/c1-2-3-13-21-14-18(24)15-26-19-11-9-17(10-12-19)23-20(25)22-16-7-5-4-6-8-16/h2-3,9-12,16,18,21,24H,4-8,13-15H2,1H3,(H2,22,23,25). The Morgan fingerprint density at radius 1 is 1.27 bits per heavy atom. The zero-order valence-electron chi connectivity index (χ0n) is 15.5. The number of benzene rings is 1. The minimum absolute atomic E-state index is 0.159. The third kappa shape index (κ3) is 7.89. The highest BCUT2D eigenvalue weighted by molar-refractivity contribution is 5.89. The highest BCUT2D eigenvalue weighted by Gasteiger charge is 2.15. The molecule has 1 saturated carbocycles. The Hall–Kier alpha value is -2.05. The molecular weight excluding hydrogens is 330 g/mol. The van der Waals surface area contributed by atoms with Crippen LogP contribution in [0.25, 0.3) is 0 Å². The van der Waals surface area contributed by atoms with Crippen LogP contribution in [-0.4, -0.2) is 43.0 Å². The van der Waals surface area contributed by atoms with Crippen LogP contribution in [0.5, 0.6) is 5.75 Å². The SMILES string of the molecule is CC=CCNCC(O)COc1ccc(NC(=O)NC2CCCCC2)cc1. The highest BCUT2D eigenvalue weighted by Crippen LogP contribution is 2.18. The fourth-order valence-corrected chi connectivity index (χ4v) is 2.94. The van der Waals surface area contributed by atoms with Gasteiger partial charge in [-0.05, 0) is 44.0 Å². The van der Waals surface area contributed by atoms with E-state index in [4.69, 9.17) is 4.74 Å². The number of allylic oxidation sites excluding steroid dienone is 1. The molecule has 0 heterocycles. The van der Waals surface area contributed by atoms with E-state index in [-0.39, 0.29) is 18.7 Å². The number of nitrogens with one attached hydrogen (secondary N) is 3. The van der Waals surface area contributed by atoms with E-state index in [1.54, 1.807) is 24.3 Å². The molecule has 0 spiro atoms. The minimum Gasteiger partial charge on any atom is -0.491 e. The molecular formula is C20H31N3O3. The lowest BCUT2D eigenvalue weighted by Crippen LogP contribution is -2.38. The second-order valence-electron chi connectivity index (χ2n) is 6.65. The smallest absolute Gasteiger partial charge is 0.319 e. The molecule has 4 N–H and O–H groups in total. The van der Waals surface area contributed by atoms with Crippen LogP contribution < -0.4 is 20.7 Å². The van der Waals surface area contributed by atoms with Crippen molar-refractivity contribution in [1.29, 1.82) is 0 Å². The number of hydrogen-bond acceptors (Lipinski definition) is 4. The lowest BCUT2D eigenvalue weighted by molar-refractivity contribution is 0.107. The van der Waals surface area contributed by atoms with E-state index in [9.17, 15) is 9.90 Å². The van der Waals surface area contributed by atoms with E-state index in [0.717, 1.165) is 25.1 Å². The first-order valence-corrected chi connectivity index (χ1v) is 9.47. The summed E-state index contributed by atoms with van der Waals surface area (Å²) in [6.45, 7) is 3.39. The third-order valence-corrected chi connectivity index (χ3v) is 4.37. The average Bonchev–Trinajstić information content (AvgIpc) is 2.65. The topological polar surface area (TPSA) is 82.6 Å². The van der Waals surface area contributed by atoms with Crippen LogP contribution >= 0.6 is 0 Å². The van der Waals surface area contributed by atoms with Crippen LogP contribution in [0.4, 0.5) is 10.5 Å². The Labute approximate surface area is 156 Å². The first-order chi connectivity index (χ1) is 12.7. The van der Waals surface area contributed by atoms with Crippen LogP contribution in [-0.2, 0) is 0 Å². The van der Waals surface area contributed by atoms with Gasteiger partial charge in [0, 0.05) is 24.8 Å². The van der Waals surface area contributed by atoms with Crippen LogP contribution in [0.1, 0.15) is 39.0 Å². The number of anilines is 1. The second kappa shape index (κ2) is 11.5. The van der Waals surface area contributed by atoms with Crippen LogP contribution in [0.2, 0.25) is 0 Å². The van der Waals surface area contributed by atoms with Crippen molar-refractivity contribution >= 4 is 11.7 Å². The van der Waals surface area contributed by atoms with Crippen molar-refractivity contribution in [3.63, 3.8) is 0 Å². The predicted molar refractivity (Wildman–Crippen MR) is 105 cm³/mol. The summed E-state index contributed by atoms with van der Waals surface area (Å²) in [6.07, 6.45) is 9.14. The Balaban J connectivity index is 1.67. The highest BCUT2D eigenvalue weighted by atomic mass is 16.5. The summed E-state index contributed by atoms with van der Waals surface area (Å²) in [7, 11) is 0. The van der Waals surface area contributed by atoms with Crippen molar-refractivity contribution in [3.8, 4) is 5.75 Å². The molecule has 6 heteroatoms. The van der Waals surface area contributed by atoms with Crippen LogP contribution in [0.15, 0.2) is 36.4 Å². The molecule has 0 bridgehead atoms. The zero-order valence-corrected chi connectivity index (χ0v) is 15.5. The van der Waals surface area contributed by atoms with Gasteiger partial charge in [-0.2, -0.15) is 0 Å². The van der Waals surface area contributed by atoms with Gasteiger partial charge >= 0.3 is 6.03 Å². The lowest BCUT2D eigenvalue weighted by atomic mass is 9.96. The summed E-state index contributed by atoms with van der Waals surface area (Å²) >= 11 is 0. The first-order valence-electron chi connectivity index (χ1n) is 9.47. The quantitative estimate of drug-likeness (QED) is 0.402. The molecule has 1 fully saturated rings. The van der Waals surface area contributed by atoms with Gasteiger partial charge in [0.05, 0.1) is 0 Å². The number of rotatable bonds is 9. The predicted octanol–water partition coefficient (Wildman–Crippen LogP) is 3.05. The van der Waals surface area contributed by atoms with Gasteiger partial charge in [0.1, 0.15) is 18.5 Å². The number of ether oxygens (including phenoxy) is 1. The fraction of sp³-hybridized carbons (Fsp3) is 0.550. The number of urea groups is 1. The molecule has 0 aromatic heterocycles. The van der Waals surface area contributed by atoms with Crippen molar-refractivity contribution in [3.05, 3.63) is 36.4 Å². The minimum atomic E-state index is -0.570.